The van der Waals surface area contributed by atoms with E-state index in [9.17, 15) is 14.9 Å². The Morgan fingerprint density at radius 2 is 2.21 bits per heavy atom. The largest absolute Gasteiger partial charge is 0.381 e. The molecule has 1 aromatic carbocycles. The molecule has 1 atom stereocenters. The molecule has 1 amide bonds. The first kappa shape index (κ1) is 20.1. The number of hydrogen-bond donors (Lipinski definition) is 1. The van der Waals surface area contributed by atoms with Crippen LogP contribution >= 0.6 is 11.6 Å². The van der Waals surface area contributed by atoms with Crippen molar-refractivity contribution in [1.29, 1.82) is 0 Å². The van der Waals surface area contributed by atoms with Crippen LogP contribution in [-0.4, -0.2) is 40.0 Å². The second-order valence-corrected chi connectivity index (χ2v) is 7.62. The smallest absolute Gasteiger partial charge is 0.371 e. The molecule has 0 bridgehead atoms. The number of aromatic nitrogens is 2. The van der Waals surface area contributed by atoms with Crippen LogP contribution in [0.5, 0.6) is 0 Å². The Bertz CT molecular complexity index is 882. The Morgan fingerprint density at radius 3 is 2.93 bits per heavy atom. The summed E-state index contributed by atoms with van der Waals surface area (Å²) in [5.41, 5.74) is 2.34. The highest BCUT2D eigenvalue weighted by molar-refractivity contribution is 6.30. The molecule has 9 heteroatoms. The second kappa shape index (κ2) is 8.60. The van der Waals surface area contributed by atoms with Crippen LogP contribution in [-0.2, 0) is 11.3 Å². The summed E-state index contributed by atoms with van der Waals surface area (Å²) in [7, 11) is 0. The van der Waals surface area contributed by atoms with Crippen molar-refractivity contribution in [2.75, 3.05) is 24.5 Å². The third-order valence-electron chi connectivity index (χ3n) is 5.12. The van der Waals surface area contributed by atoms with Crippen LogP contribution < -0.4 is 10.2 Å². The van der Waals surface area contributed by atoms with Gasteiger partial charge in [0.25, 0.3) is 0 Å². The summed E-state index contributed by atoms with van der Waals surface area (Å²) in [6.45, 7) is 6.59. The van der Waals surface area contributed by atoms with E-state index < -0.39 is 4.92 Å². The number of carbonyl (C=O) groups excluding carboxylic acids is 1. The van der Waals surface area contributed by atoms with E-state index in [1.165, 1.54) is 11.8 Å². The lowest BCUT2D eigenvalue weighted by Gasteiger charge is -2.21. The third-order valence-corrected chi connectivity index (χ3v) is 5.35. The number of rotatable bonds is 7. The number of halogens is 1. The van der Waals surface area contributed by atoms with Crippen molar-refractivity contribution in [2.45, 2.75) is 33.2 Å². The minimum absolute atomic E-state index is 0.0619. The highest BCUT2D eigenvalue weighted by atomic mass is 35.5. The first-order valence-electron chi connectivity index (χ1n) is 9.29. The highest BCUT2D eigenvalue weighted by Crippen LogP contribution is 2.29. The average molecular weight is 406 g/mol. The summed E-state index contributed by atoms with van der Waals surface area (Å²) in [4.78, 5) is 28.6. The summed E-state index contributed by atoms with van der Waals surface area (Å²) in [6.07, 6.45) is 2.64. The fraction of sp³-hybridized carbons (Fsp3) is 0.474. The standard InChI is InChI=1S/C19H24ClN5O3/c1-13-3-4-16(20)9-17(13)24-7-5-15(11-24)10-21-19(26)6-8-23-12-18(25(27)28)22-14(23)2/h3-4,9,12,15H,5-8,10-11H2,1-2H3,(H,21,26). The van der Waals surface area contributed by atoms with E-state index in [0.29, 0.717) is 24.8 Å². The maximum absolute atomic E-state index is 12.2. The van der Waals surface area contributed by atoms with Gasteiger partial charge in [0.1, 0.15) is 6.20 Å². The van der Waals surface area contributed by atoms with Gasteiger partial charge in [0.2, 0.25) is 11.7 Å². The van der Waals surface area contributed by atoms with Gasteiger partial charge in [-0.15, -0.1) is 0 Å². The Hall–Kier alpha value is -2.61. The topological polar surface area (TPSA) is 93.3 Å². The minimum Gasteiger partial charge on any atom is -0.371 e. The number of benzene rings is 1. The molecule has 1 aliphatic rings. The number of nitrogens with one attached hydrogen (secondary N) is 1. The summed E-state index contributed by atoms with van der Waals surface area (Å²) in [5, 5.41) is 14.5. The molecule has 8 nitrogen and oxygen atoms in total. The summed E-state index contributed by atoms with van der Waals surface area (Å²) in [5.74, 6) is 0.662. The fourth-order valence-corrected chi connectivity index (χ4v) is 3.68. The van der Waals surface area contributed by atoms with Crippen molar-refractivity contribution >= 4 is 29.0 Å². The first-order valence-corrected chi connectivity index (χ1v) is 9.67. The molecule has 0 spiro atoms. The van der Waals surface area contributed by atoms with Gasteiger partial charge in [0.05, 0.1) is 0 Å². The van der Waals surface area contributed by atoms with Crippen molar-refractivity contribution in [2.24, 2.45) is 5.92 Å². The SMILES string of the molecule is Cc1ccc(Cl)cc1N1CCC(CNC(=O)CCn2cc([N+](=O)[O-])nc2C)C1. The van der Waals surface area contributed by atoms with Crippen molar-refractivity contribution in [1.82, 2.24) is 14.9 Å². The maximum atomic E-state index is 12.2. The first-order chi connectivity index (χ1) is 13.3. The number of anilines is 1. The van der Waals surface area contributed by atoms with Crippen LogP contribution in [0.3, 0.4) is 0 Å². The Kier molecular flexibility index (Phi) is 6.18. The molecule has 1 aliphatic heterocycles. The molecular formula is C19H24ClN5O3. The van der Waals surface area contributed by atoms with Crippen molar-refractivity contribution in [3.8, 4) is 0 Å². The summed E-state index contributed by atoms with van der Waals surface area (Å²) in [6, 6.07) is 5.91. The molecule has 28 heavy (non-hydrogen) atoms. The molecule has 1 unspecified atom stereocenters. The molecule has 0 saturated carbocycles. The molecule has 150 valence electrons. The third kappa shape index (κ3) is 4.81. The summed E-state index contributed by atoms with van der Waals surface area (Å²) < 4.78 is 1.64. The van der Waals surface area contributed by atoms with Gasteiger partial charge in [0.15, 0.2) is 0 Å². The molecular weight excluding hydrogens is 382 g/mol. The van der Waals surface area contributed by atoms with Crippen molar-refractivity contribution in [3.63, 3.8) is 0 Å². The fourth-order valence-electron chi connectivity index (χ4n) is 3.52. The number of aryl methyl sites for hydroxylation is 3. The minimum atomic E-state index is -0.531. The van der Waals surface area contributed by atoms with Gasteiger partial charge in [0, 0.05) is 50.2 Å². The number of amides is 1. The zero-order valence-corrected chi connectivity index (χ0v) is 16.8. The Labute approximate surface area is 168 Å². The number of nitro groups is 1. The van der Waals surface area contributed by atoms with Crippen LogP contribution in [0.2, 0.25) is 5.02 Å². The Balaban J connectivity index is 1.45. The van der Waals surface area contributed by atoms with Crippen LogP contribution in [0.4, 0.5) is 11.5 Å². The molecule has 2 aromatic rings. The number of carbonyl (C=O) groups is 1. The molecule has 0 radical (unpaired) electrons. The predicted molar refractivity (Wildman–Crippen MR) is 108 cm³/mol. The van der Waals surface area contributed by atoms with Gasteiger partial charge in [-0.2, -0.15) is 0 Å². The highest BCUT2D eigenvalue weighted by Gasteiger charge is 2.24. The van der Waals surface area contributed by atoms with Crippen LogP contribution in [0.25, 0.3) is 0 Å². The molecule has 2 heterocycles. The predicted octanol–water partition coefficient (Wildman–Crippen LogP) is 3.09. The lowest BCUT2D eigenvalue weighted by Crippen LogP contribution is -2.31. The zero-order chi connectivity index (χ0) is 20.3. The zero-order valence-electron chi connectivity index (χ0n) is 16.0. The van der Waals surface area contributed by atoms with E-state index in [1.54, 1.807) is 11.5 Å². The maximum Gasteiger partial charge on any atom is 0.381 e. The van der Waals surface area contributed by atoms with E-state index in [-0.39, 0.29) is 18.1 Å². The number of nitrogens with zero attached hydrogens (tertiary/aromatic N) is 4. The van der Waals surface area contributed by atoms with Crippen LogP contribution in [0, 0.1) is 29.9 Å². The van der Waals surface area contributed by atoms with Gasteiger partial charge in [-0.05, 0) is 46.9 Å². The van der Waals surface area contributed by atoms with Gasteiger partial charge < -0.3 is 24.9 Å². The van der Waals surface area contributed by atoms with Gasteiger partial charge in [-0.25, -0.2) is 0 Å². The second-order valence-electron chi connectivity index (χ2n) is 7.18. The van der Waals surface area contributed by atoms with Crippen molar-refractivity contribution in [3.05, 3.63) is 50.9 Å². The molecule has 3 rings (SSSR count). The lowest BCUT2D eigenvalue weighted by molar-refractivity contribution is -0.389. The quantitative estimate of drug-likeness (QED) is 0.564. The average Bonchev–Trinajstić information content (AvgIpc) is 3.27. The van der Waals surface area contributed by atoms with E-state index in [4.69, 9.17) is 11.6 Å². The molecule has 1 aromatic heterocycles. The molecule has 1 fully saturated rings. The number of imidazole rings is 1. The molecule has 1 saturated heterocycles. The van der Waals surface area contributed by atoms with Gasteiger partial charge in [-0.1, -0.05) is 17.7 Å². The van der Waals surface area contributed by atoms with Crippen LogP contribution in [0.15, 0.2) is 24.4 Å². The lowest BCUT2D eigenvalue weighted by atomic mass is 10.1. The van der Waals surface area contributed by atoms with Crippen LogP contribution in [0.1, 0.15) is 24.2 Å². The molecule has 0 aliphatic carbocycles. The molecule has 1 N–H and O–H groups in total. The van der Waals surface area contributed by atoms with Gasteiger partial charge >= 0.3 is 5.82 Å². The summed E-state index contributed by atoms with van der Waals surface area (Å²) >= 11 is 6.12. The number of hydrogen-bond acceptors (Lipinski definition) is 5. The van der Waals surface area contributed by atoms with E-state index in [2.05, 4.69) is 22.1 Å². The van der Waals surface area contributed by atoms with Crippen molar-refractivity contribution < 1.29 is 9.72 Å². The Morgan fingerprint density at radius 1 is 1.43 bits per heavy atom. The van der Waals surface area contributed by atoms with E-state index >= 15 is 0 Å². The van der Waals surface area contributed by atoms with Gasteiger partial charge in [-0.3, -0.25) is 4.79 Å². The normalized spacial score (nSPS) is 16.4. The van der Waals surface area contributed by atoms with E-state index in [1.807, 2.05) is 18.2 Å². The monoisotopic (exact) mass is 405 g/mol. The van der Waals surface area contributed by atoms with E-state index in [0.717, 1.165) is 30.2 Å².